The van der Waals surface area contributed by atoms with E-state index in [4.69, 9.17) is 0 Å². The molecule has 1 aliphatic rings. The first-order valence-electron chi connectivity index (χ1n) is 5.51. The van der Waals surface area contributed by atoms with Crippen LogP contribution in [0.3, 0.4) is 0 Å². The Morgan fingerprint density at radius 3 is 3.25 bits per heavy atom. The first-order valence-corrected chi connectivity index (χ1v) is 5.51. The number of pyridine rings is 1. The highest BCUT2D eigenvalue weighted by Crippen LogP contribution is 2.21. The number of carbonyl (C=O) groups excluding carboxylic acids is 1. The molecule has 1 aliphatic heterocycles. The fourth-order valence-electron chi connectivity index (χ4n) is 2.17. The minimum Gasteiger partial charge on any atom is -0.360 e. The summed E-state index contributed by atoms with van der Waals surface area (Å²) in [6, 6.07) is 4.00. The van der Waals surface area contributed by atoms with Gasteiger partial charge in [-0.2, -0.15) is 0 Å². The highest BCUT2D eigenvalue weighted by atomic mass is 16.1. The molecule has 0 amide bonds. The molecule has 2 aromatic rings. The van der Waals surface area contributed by atoms with Crippen molar-refractivity contribution in [3.8, 4) is 0 Å². The molecule has 0 unspecified atom stereocenters. The minimum atomic E-state index is -0.0759. The van der Waals surface area contributed by atoms with E-state index in [-0.39, 0.29) is 5.92 Å². The predicted molar refractivity (Wildman–Crippen MR) is 61.3 cm³/mol. The van der Waals surface area contributed by atoms with Gasteiger partial charge >= 0.3 is 0 Å². The third-order valence-corrected chi connectivity index (χ3v) is 3.10. The molecule has 1 saturated heterocycles. The summed E-state index contributed by atoms with van der Waals surface area (Å²) in [5, 5.41) is 4.35. The number of carbonyl (C=O) groups is 1. The van der Waals surface area contributed by atoms with Gasteiger partial charge in [-0.15, -0.1) is 0 Å². The average molecular weight is 215 g/mol. The molecule has 0 aliphatic carbocycles. The molecule has 1 fully saturated rings. The second-order valence-electron chi connectivity index (χ2n) is 4.15. The molecule has 4 nitrogen and oxygen atoms in total. The van der Waals surface area contributed by atoms with E-state index in [9.17, 15) is 4.79 Å². The summed E-state index contributed by atoms with van der Waals surface area (Å²) in [7, 11) is 0. The number of fused-ring (bicyclic) bond motifs is 1. The van der Waals surface area contributed by atoms with E-state index in [1.807, 2.05) is 18.3 Å². The molecule has 4 heteroatoms. The summed E-state index contributed by atoms with van der Waals surface area (Å²) in [6.45, 7) is 1.50. The number of H-pyrrole nitrogens is 1. The molecule has 3 rings (SSSR count). The van der Waals surface area contributed by atoms with E-state index < -0.39 is 0 Å². The van der Waals surface area contributed by atoms with Crippen molar-refractivity contribution in [3.05, 3.63) is 30.2 Å². The van der Waals surface area contributed by atoms with Crippen LogP contribution in [-0.2, 0) is 4.79 Å². The lowest BCUT2D eigenvalue weighted by atomic mass is 9.94. The lowest BCUT2D eigenvalue weighted by Crippen LogP contribution is -2.35. The van der Waals surface area contributed by atoms with E-state index in [0.717, 1.165) is 23.1 Å². The van der Waals surface area contributed by atoms with Crippen LogP contribution in [0.4, 0.5) is 0 Å². The average Bonchev–Trinajstić information content (AvgIpc) is 2.76. The van der Waals surface area contributed by atoms with Crippen molar-refractivity contribution in [2.75, 3.05) is 13.1 Å². The van der Waals surface area contributed by atoms with Crippen molar-refractivity contribution in [1.82, 2.24) is 15.3 Å². The van der Waals surface area contributed by atoms with Crippen LogP contribution in [-0.4, -0.2) is 28.8 Å². The molecular weight excluding hydrogens is 202 g/mol. The van der Waals surface area contributed by atoms with E-state index in [0.29, 0.717) is 18.7 Å². The largest absolute Gasteiger partial charge is 0.360 e. The predicted octanol–water partition coefficient (Wildman–Crippen LogP) is 1.21. The summed E-state index contributed by atoms with van der Waals surface area (Å²) >= 11 is 0. The van der Waals surface area contributed by atoms with Crippen LogP contribution in [0.25, 0.3) is 10.9 Å². The number of aromatic amines is 1. The van der Waals surface area contributed by atoms with E-state index in [1.165, 1.54) is 0 Å². The van der Waals surface area contributed by atoms with Crippen LogP contribution in [0.1, 0.15) is 18.0 Å². The lowest BCUT2D eigenvalue weighted by molar-refractivity contribution is -0.121. The number of rotatable bonds is 1. The maximum atomic E-state index is 11.8. The number of nitrogens with zero attached hydrogens (tertiary/aromatic N) is 1. The number of aromatic nitrogens is 2. The second kappa shape index (κ2) is 3.72. The molecule has 0 radical (unpaired) electrons. The zero-order valence-electron chi connectivity index (χ0n) is 8.86. The van der Waals surface area contributed by atoms with Gasteiger partial charge in [-0.05, 0) is 12.1 Å². The van der Waals surface area contributed by atoms with Crippen molar-refractivity contribution >= 4 is 16.7 Å². The zero-order valence-corrected chi connectivity index (χ0v) is 8.86. The fourth-order valence-corrected chi connectivity index (χ4v) is 2.17. The van der Waals surface area contributed by atoms with E-state index >= 15 is 0 Å². The molecule has 0 bridgehead atoms. The molecule has 2 N–H and O–H groups in total. The van der Waals surface area contributed by atoms with Crippen molar-refractivity contribution in [2.24, 2.45) is 0 Å². The highest BCUT2D eigenvalue weighted by Gasteiger charge is 2.24. The zero-order chi connectivity index (χ0) is 11.0. The van der Waals surface area contributed by atoms with Gasteiger partial charge in [0, 0.05) is 31.1 Å². The van der Waals surface area contributed by atoms with Gasteiger partial charge in [-0.1, -0.05) is 0 Å². The van der Waals surface area contributed by atoms with Gasteiger partial charge in [-0.25, -0.2) is 0 Å². The Hall–Kier alpha value is -1.68. The molecule has 1 atom stereocenters. The Labute approximate surface area is 93.1 Å². The molecule has 0 aromatic carbocycles. The number of nitrogens with one attached hydrogen (secondary N) is 2. The van der Waals surface area contributed by atoms with Crippen molar-refractivity contribution < 1.29 is 4.79 Å². The number of piperidine rings is 1. The number of Topliss-reactive ketones (excluding diaryl/α,β-unsaturated/α-hetero) is 1. The van der Waals surface area contributed by atoms with Crippen LogP contribution in [0.5, 0.6) is 0 Å². The number of ketones is 1. The molecule has 3 heterocycles. The van der Waals surface area contributed by atoms with Crippen LogP contribution in [0.15, 0.2) is 24.5 Å². The Bertz CT molecular complexity index is 532. The van der Waals surface area contributed by atoms with Gasteiger partial charge in [0.15, 0.2) is 0 Å². The maximum absolute atomic E-state index is 11.8. The first-order chi connectivity index (χ1) is 7.84. The Kier molecular flexibility index (Phi) is 2.22. The van der Waals surface area contributed by atoms with Crippen LogP contribution >= 0.6 is 0 Å². The summed E-state index contributed by atoms with van der Waals surface area (Å²) < 4.78 is 0. The van der Waals surface area contributed by atoms with Gasteiger partial charge < -0.3 is 10.3 Å². The maximum Gasteiger partial charge on any atom is 0.144 e. The normalized spacial score (nSPS) is 21.5. The van der Waals surface area contributed by atoms with Gasteiger partial charge in [-0.3, -0.25) is 9.78 Å². The monoisotopic (exact) mass is 215 g/mol. The Balaban J connectivity index is 2.00. The highest BCUT2D eigenvalue weighted by molar-refractivity contribution is 5.88. The van der Waals surface area contributed by atoms with Crippen molar-refractivity contribution in [2.45, 2.75) is 12.3 Å². The topological polar surface area (TPSA) is 57.8 Å². The van der Waals surface area contributed by atoms with E-state index in [2.05, 4.69) is 15.3 Å². The summed E-state index contributed by atoms with van der Waals surface area (Å²) in [4.78, 5) is 19.2. The SMILES string of the molecule is O=C1CCNC[C@H]1c1cc2cc[nH]c2cn1. The summed E-state index contributed by atoms with van der Waals surface area (Å²) in [5.74, 6) is 0.217. The number of hydrogen-bond donors (Lipinski definition) is 2. The molecule has 82 valence electrons. The molecule has 2 aromatic heterocycles. The van der Waals surface area contributed by atoms with Gasteiger partial charge in [0.25, 0.3) is 0 Å². The third-order valence-electron chi connectivity index (χ3n) is 3.10. The Morgan fingerprint density at radius 2 is 2.38 bits per heavy atom. The fraction of sp³-hybridized carbons (Fsp3) is 0.333. The molecule has 0 spiro atoms. The van der Waals surface area contributed by atoms with Crippen molar-refractivity contribution in [3.63, 3.8) is 0 Å². The lowest BCUT2D eigenvalue weighted by Gasteiger charge is -2.20. The van der Waals surface area contributed by atoms with Gasteiger partial charge in [0.1, 0.15) is 5.78 Å². The van der Waals surface area contributed by atoms with E-state index in [1.54, 1.807) is 6.20 Å². The second-order valence-corrected chi connectivity index (χ2v) is 4.15. The molecule has 0 saturated carbocycles. The van der Waals surface area contributed by atoms with Gasteiger partial charge in [0.05, 0.1) is 23.3 Å². The molecule has 16 heavy (non-hydrogen) atoms. The third kappa shape index (κ3) is 1.51. The standard InChI is InChI=1S/C12H13N3O/c16-12-2-3-13-6-9(12)10-5-8-1-4-14-11(8)7-15-10/h1,4-5,7,9,13-14H,2-3,6H2/t9-/m0/s1. The first kappa shape index (κ1) is 9.54. The number of hydrogen-bond acceptors (Lipinski definition) is 3. The van der Waals surface area contributed by atoms with Crippen LogP contribution in [0, 0.1) is 0 Å². The summed E-state index contributed by atoms with van der Waals surface area (Å²) in [5.41, 5.74) is 1.89. The minimum absolute atomic E-state index is 0.0759. The van der Waals surface area contributed by atoms with Gasteiger partial charge in [0.2, 0.25) is 0 Å². The summed E-state index contributed by atoms with van der Waals surface area (Å²) in [6.07, 6.45) is 4.29. The smallest absolute Gasteiger partial charge is 0.144 e. The Morgan fingerprint density at radius 1 is 1.44 bits per heavy atom. The van der Waals surface area contributed by atoms with Crippen LogP contribution in [0.2, 0.25) is 0 Å². The molecular formula is C12H13N3O. The van der Waals surface area contributed by atoms with Crippen LogP contribution < -0.4 is 5.32 Å². The quantitative estimate of drug-likeness (QED) is 0.751. The van der Waals surface area contributed by atoms with Crippen molar-refractivity contribution in [1.29, 1.82) is 0 Å².